The van der Waals surface area contributed by atoms with Gasteiger partial charge in [0, 0.05) is 5.56 Å². The molecule has 0 bridgehead atoms. The standard InChI is InChI=1S/C14H12FN3O3S/c15-10-5-2-1-4-9(10)14(6-3-7-14)12(19)17-13-16-8-11(22-13)18(20)21/h1-2,4-5,8H,3,6-7H2,(H,16,17,19). The molecule has 3 rings (SSSR count). The molecule has 1 saturated carbocycles. The number of thiazole rings is 1. The van der Waals surface area contributed by atoms with Gasteiger partial charge in [-0.2, -0.15) is 0 Å². The molecule has 0 spiro atoms. The Labute approximate surface area is 129 Å². The quantitative estimate of drug-likeness (QED) is 0.692. The fraction of sp³-hybridized carbons (Fsp3) is 0.286. The van der Waals surface area contributed by atoms with Crippen molar-refractivity contribution in [3.8, 4) is 0 Å². The van der Waals surface area contributed by atoms with Crippen LogP contribution < -0.4 is 5.32 Å². The van der Waals surface area contributed by atoms with Crippen LogP contribution in [0.1, 0.15) is 24.8 Å². The molecule has 0 saturated heterocycles. The summed E-state index contributed by atoms with van der Waals surface area (Å²) in [6.07, 6.45) is 3.02. The van der Waals surface area contributed by atoms with Crippen molar-refractivity contribution < 1.29 is 14.1 Å². The second-order valence-corrected chi connectivity index (χ2v) is 6.14. The van der Waals surface area contributed by atoms with Gasteiger partial charge in [-0.1, -0.05) is 24.6 Å². The highest BCUT2D eigenvalue weighted by Gasteiger charge is 2.47. The molecule has 1 fully saturated rings. The number of anilines is 1. The van der Waals surface area contributed by atoms with E-state index in [0.29, 0.717) is 18.4 Å². The van der Waals surface area contributed by atoms with Crippen LogP contribution in [0.15, 0.2) is 30.5 Å². The number of rotatable bonds is 4. The number of benzene rings is 1. The Morgan fingerprint density at radius 3 is 2.68 bits per heavy atom. The van der Waals surface area contributed by atoms with E-state index in [1.165, 1.54) is 6.07 Å². The first-order valence-corrected chi connectivity index (χ1v) is 7.51. The van der Waals surface area contributed by atoms with Crippen LogP contribution in [0.3, 0.4) is 0 Å². The van der Waals surface area contributed by atoms with Crippen LogP contribution in [-0.2, 0) is 10.2 Å². The first-order valence-electron chi connectivity index (χ1n) is 6.70. The third-order valence-electron chi connectivity index (χ3n) is 3.93. The number of carbonyl (C=O) groups is 1. The summed E-state index contributed by atoms with van der Waals surface area (Å²) in [7, 11) is 0. The van der Waals surface area contributed by atoms with Crippen LogP contribution >= 0.6 is 11.3 Å². The molecule has 1 aromatic carbocycles. The van der Waals surface area contributed by atoms with Crippen LogP contribution in [0.5, 0.6) is 0 Å². The number of hydrogen-bond donors (Lipinski definition) is 1. The average molecular weight is 321 g/mol. The van der Waals surface area contributed by atoms with Crippen molar-refractivity contribution in [3.63, 3.8) is 0 Å². The first kappa shape index (κ1) is 14.6. The fourth-order valence-corrected chi connectivity index (χ4v) is 3.25. The number of halogens is 1. The Morgan fingerprint density at radius 1 is 1.41 bits per heavy atom. The number of nitro groups is 1. The van der Waals surface area contributed by atoms with Gasteiger partial charge >= 0.3 is 5.00 Å². The second-order valence-electron chi connectivity index (χ2n) is 5.13. The molecule has 8 heteroatoms. The second kappa shape index (κ2) is 5.45. The molecule has 1 aliphatic rings. The lowest BCUT2D eigenvalue weighted by molar-refractivity contribution is -0.380. The van der Waals surface area contributed by atoms with Crippen molar-refractivity contribution in [1.82, 2.24) is 4.98 Å². The maximum atomic E-state index is 14.0. The molecule has 6 nitrogen and oxygen atoms in total. The molecule has 1 N–H and O–H groups in total. The number of hydrogen-bond acceptors (Lipinski definition) is 5. The summed E-state index contributed by atoms with van der Waals surface area (Å²) in [6.45, 7) is 0. The molecule has 0 radical (unpaired) electrons. The van der Waals surface area contributed by atoms with Gasteiger partial charge in [0.05, 0.1) is 10.3 Å². The Hall–Kier alpha value is -2.35. The van der Waals surface area contributed by atoms with Gasteiger partial charge in [-0.05, 0) is 30.2 Å². The predicted octanol–water partition coefficient (Wildman–Crippen LogP) is 3.25. The van der Waals surface area contributed by atoms with Crippen LogP contribution in [0, 0.1) is 15.9 Å². The van der Waals surface area contributed by atoms with E-state index < -0.39 is 16.2 Å². The molecule has 1 aliphatic carbocycles. The highest BCUT2D eigenvalue weighted by molar-refractivity contribution is 7.18. The third-order valence-corrected chi connectivity index (χ3v) is 4.79. The topological polar surface area (TPSA) is 85.1 Å². The Morgan fingerprint density at radius 2 is 2.14 bits per heavy atom. The van der Waals surface area contributed by atoms with Gasteiger partial charge in [-0.25, -0.2) is 9.37 Å². The fourth-order valence-electron chi connectivity index (χ4n) is 2.62. The number of nitrogens with zero attached hydrogens (tertiary/aromatic N) is 2. The zero-order chi connectivity index (χ0) is 15.7. The third kappa shape index (κ3) is 2.35. The first-order chi connectivity index (χ1) is 10.5. The smallest absolute Gasteiger partial charge is 0.301 e. The molecule has 2 aromatic rings. The molecule has 1 heterocycles. The SMILES string of the molecule is O=C(Nc1ncc([N+](=O)[O-])s1)C1(c2ccccc2F)CCC1. The molecular formula is C14H12FN3O3S. The van der Waals surface area contributed by atoms with Crippen molar-refractivity contribution in [2.75, 3.05) is 5.32 Å². The van der Waals surface area contributed by atoms with Crippen molar-refractivity contribution in [3.05, 3.63) is 52.0 Å². The van der Waals surface area contributed by atoms with Crippen LogP contribution in [0.4, 0.5) is 14.5 Å². The van der Waals surface area contributed by atoms with Crippen molar-refractivity contribution in [2.45, 2.75) is 24.7 Å². The summed E-state index contributed by atoms with van der Waals surface area (Å²) >= 11 is 0.784. The van der Waals surface area contributed by atoms with Gasteiger partial charge in [0.25, 0.3) is 0 Å². The number of amides is 1. The van der Waals surface area contributed by atoms with Gasteiger partial charge in [0.15, 0.2) is 5.13 Å². The van der Waals surface area contributed by atoms with E-state index >= 15 is 0 Å². The summed E-state index contributed by atoms with van der Waals surface area (Å²) in [5.74, 6) is -0.782. The predicted molar refractivity (Wildman–Crippen MR) is 79.3 cm³/mol. The lowest BCUT2D eigenvalue weighted by Crippen LogP contribution is -2.46. The van der Waals surface area contributed by atoms with E-state index in [9.17, 15) is 19.3 Å². The minimum atomic E-state index is -0.911. The highest BCUT2D eigenvalue weighted by atomic mass is 32.1. The molecule has 0 unspecified atom stereocenters. The van der Waals surface area contributed by atoms with E-state index in [0.717, 1.165) is 24.0 Å². The van der Waals surface area contributed by atoms with Gasteiger partial charge < -0.3 is 5.32 Å². The summed E-state index contributed by atoms with van der Waals surface area (Å²) in [6, 6.07) is 6.21. The molecule has 1 aromatic heterocycles. The number of nitrogens with one attached hydrogen (secondary N) is 1. The van der Waals surface area contributed by atoms with E-state index in [1.54, 1.807) is 18.2 Å². The minimum Gasteiger partial charge on any atom is -0.301 e. The lowest BCUT2D eigenvalue weighted by Gasteiger charge is -2.40. The van der Waals surface area contributed by atoms with E-state index in [2.05, 4.69) is 10.3 Å². The zero-order valence-electron chi connectivity index (χ0n) is 11.4. The normalized spacial score (nSPS) is 15.9. The van der Waals surface area contributed by atoms with Crippen LogP contribution in [0.2, 0.25) is 0 Å². The van der Waals surface area contributed by atoms with Gasteiger partial charge in [0.2, 0.25) is 5.91 Å². The highest BCUT2D eigenvalue weighted by Crippen LogP contribution is 2.45. The summed E-state index contributed by atoms with van der Waals surface area (Å²) in [5, 5.41) is 13.2. The van der Waals surface area contributed by atoms with Crippen molar-refractivity contribution in [2.24, 2.45) is 0 Å². The van der Waals surface area contributed by atoms with Crippen molar-refractivity contribution in [1.29, 1.82) is 0 Å². The zero-order valence-corrected chi connectivity index (χ0v) is 12.2. The van der Waals surface area contributed by atoms with Crippen molar-refractivity contribution >= 4 is 27.4 Å². The Kier molecular flexibility index (Phi) is 3.61. The van der Waals surface area contributed by atoms with Gasteiger partial charge in [-0.15, -0.1) is 0 Å². The maximum Gasteiger partial charge on any atom is 0.345 e. The molecule has 0 aliphatic heterocycles. The van der Waals surface area contributed by atoms with Crippen LogP contribution in [0.25, 0.3) is 0 Å². The lowest BCUT2D eigenvalue weighted by atomic mass is 9.63. The molecule has 0 atom stereocenters. The summed E-state index contributed by atoms with van der Waals surface area (Å²) < 4.78 is 14.0. The largest absolute Gasteiger partial charge is 0.345 e. The molecule has 1 amide bonds. The van der Waals surface area contributed by atoms with E-state index in [1.807, 2.05) is 0 Å². The van der Waals surface area contributed by atoms with Gasteiger partial charge in [-0.3, -0.25) is 14.9 Å². The van der Waals surface area contributed by atoms with Crippen LogP contribution in [-0.4, -0.2) is 15.8 Å². The monoisotopic (exact) mass is 321 g/mol. The molecular weight excluding hydrogens is 309 g/mol. The average Bonchev–Trinajstić information content (AvgIpc) is 2.88. The summed E-state index contributed by atoms with van der Waals surface area (Å²) in [5.41, 5.74) is -0.545. The minimum absolute atomic E-state index is 0.149. The Balaban J connectivity index is 1.86. The number of carbonyl (C=O) groups excluding carboxylic acids is 1. The molecule has 114 valence electrons. The van der Waals surface area contributed by atoms with Gasteiger partial charge in [0.1, 0.15) is 12.0 Å². The van der Waals surface area contributed by atoms with E-state index in [-0.39, 0.29) is 16.0 Å². The maximum absolute atomic E-state index is 14.0. The van der Waals surface area contributed by atoms with E-state index in [4.69, 9.17) is 0 Å². The molecule has 22 heavy (non-hydrogen) atoms. The number of aromatic nitrogens is 1. The Bertz CT molecular complexity index is 742. The summed E-state index contributed by atoms with van der Waals surface area (Å²) in [4.78, 5) is 26.5.